The zero-order valence-corrected chi connectivity index (χ0v) is 28.0. The third kappa shape index (κ3) is 10.1. The summed E-state index contributed by atoms with van der Waals surface area (Å²) in [6, 6.07) is 8.05. The Morgan fingerprint density at radius 2 is 1.80 bits per heavy atom. The molecule has 11 nitrogen and oxygen atoms in total. The summed E-state index contributed by atoms with van der Waals surface area (Å²) < 4.78 is 31.8. The lowest BCUT2D eigenvalue weighted by Gasteiger charge is -2.34. The van der Waals surface area contributed by atoms with Crippen molar-refractivity contribution in [2.45, 2.75) is 25.8 Å². The molecule has 1 aromatic carbocycles. The lowest BCUT2D eigenvalue weighted by Crippen LogP contribution is -2.47. The van der Waals surface area contributed by atoms with Crippen molar-refractivity contribution in [3.8, 4) is 22.9 Å². The molecule has 0 radical (unpaired) electrons. The SMILES string of the molecule is CNC(=O)NCC1CCN(Cc2cc(Oc3cnc(N4CCN(CCC[S+](C)[O-])CC4)nc3)nc(-c3cc(F)cc(Cl)c3)c2)CC1. The molecule has 0 bridgehead atoms. The number of benzene rings is 1. The Bertz CT molecular complexity index is 1420. The zero-order chi connectivity index (χ0) is 32.5. The van der Waals surface area contributed by atoms with E-state index in [1.165, 1.54) is 12.1 Å². The second kappa shape index (κ2) is 16.6. The van der Waals surface area contributed by atoms with Crippen LogP contribution in [0, 0.1) is 11.7 Å². The quantitative estimate of drug-likeness (QED) is 0.273. The Morgan fingerprint density at radius 3 is 2.48 bits per heavy atom. The van der Waals surface area contributed by atoms with E-state index in [0.29, 0.717) is 52.9 Å². The highest BCUT2D eigenvalue weighted by molar-refractivity contribution is 7.90. The fraction of sp³-hybridized carbons (Fsp3) is 0.500. The number of carbonyl (C=O) groups is 1. The normalized spacial score (nSPS) is 17.1. The smallest absolute Gasteiger partial charge is 0.314 e. The molecule has 3 aromatic rings. The molecule has 14 heteroatoms. The molecule has 0 saturated carbocycles. The molecule has 2 fully saturated rings. The van der Waals surface area contributed by atoms with Crippen LogP contribution in [0.2, 0.25) is 5.02 Å². The van der Waals surface area contributed by atoms with Crippen LogP contribution in [0.4, 0.5) is 15.1 Å². The first-order chi connectivity index (χ1) is 22.2. The van der Waals surface area contributed by atoms with Crippen LogP contribution < -0.4 is 20.3 Å². The second-order valence-electron chi connectivity index (χ2n) is 11.8. The maximum Gasteiger partial charge on any atom is 0.314 e. The van der Waals surface area contributed by atoms with Crippen molar-refractivity contribution in [1.29, 1.82) is 0 Å². The summed E-state index contributed by atoms with van der Waals surface area (Å²) in [6.07, 6.45) is 7.93. The molecule has 2 aromatic heterocycles. The van der Waals surface area contributed by atoms with Crippen molar-refractivity contribution < 1.29 is 18.5 Å². The van der Waals surface area contributed by atoms with Crippen molar-refractivity contribution in [3.05, 3.63) is 59.1 Å². The van der Waals surface area contributed by atoms with Crippen molar-refractivity contribution >= 4 is 34.8 Å². The number of carbonyl (C=O) groups excluding carboxylic acids is 1. The van der Waals surface area contributed by atoms with E-state index in [-0.39, 0.29) is 6.03 Å². The van der Waals surface area contributed by atoms with Gasteiger partial charge in [0.25, 0.3) is 0 Å². The minimum Gasteiger partial charge on any atom is -0.617 e. The van der Waals surface area contributed by atoms with Crippen LogP contribution in [0.3, 0.4) is 0 Å². The largest absolute Gasteiger partial charge is 0.617 e. The molecule has 4 heterocycles. The lowest BCUT2D eigenvalue weighted by molar-refractivity contribution is 0.175. The molecule has 2 aliphatic rings. The van der Waals surface area contributed by atoms with E-state index in [2.05, 4.69) is 40.3 Å². The highest BCUT2D eigenvalue weighted by Crippen LogP contribution is 2.29. The van der Waals surface area contributed by atoms with Crippen LogP contribution in [0.15, 0.2) is 42.7 Å². The molecule has 2 N–H and O–H groups in total. The van der Waals surface area contributed by atoms with Crippen molar-refractivity contribution in [2.75, 3.05) is 76.3 Å². The molecular weight excluding hydrogens is 631 g/mol. The van der Waals surface area contributed by atoms with Crippen molar-refractivity contribution in [2.24, 2.45) is 5.92 Å². The van der Waals surface area contributed by atoms with Gasteiger partial charge in [0, 0.05) is 75.9 Å². The van der Waals surface area contributed by atoms with Gasteiger partial charge in [-0.25, -0.2) is 24.1 Å². The van der Waals surface area contributed by atoms with Crippen molar-refractivity contribution in [3.63, 3.8) is 0 Å². The molecular formula is C32H42ClFN8O3S. The summed E-state index contributed by atoms with van der Waals surface area (Å²) in [5, 5.41) is 5.79. The first kappa shape index (κ1) is 34.1. The maximum absolute atomic E-state index is 14.3. The van der Waals surface area contributed by atoms with E-state index >= 15 is 0 Å². The number of anilines is 1. The van der Waals surface area contributed by atoms with Crippen LogP contribution in [0.1, 0.15) is 24.8 Å². The van der Waals surface area contributed by atoms with Gasteiger partial charge in [0.1, 0.15) is 11.6 Å². The van der Waals surface area contributed by atoms with Crippen molar-refractivity contribution in [1.82, 2.24) is 35.4 Å². The second-order valence-corrected chi connectivity index (χ2v) is 13.8. The van der Waals surface area contributed by atoms with Gasteiger partial charge in [-0.05, 0) is 61.7 Å². The first-order valence-electron chi connectivity index (χ1n) is 15.7. The van der Waals surface area contributed by atoms with E-state index in [1.807, 2.05) is 12.1 Å². The van der Waals surface area contributed by atoms with Gasteiger partial charge >= 0.3 is 6.03 Å². The molecule has 0 spiro atoms. The average Bonchev–Trinajstić information content (AvgIpc) is 3.04. The Morgan fingerprint density at radius 1 is 1.07 bits per heavy atom. The molecule has 2 aliphatic heterocycles. The van der Waals surface area contributed by atoms with Gasteiger partial charge < -0.3 is 24.8 Å². The monoisotopic (exact) mass is 672 g/mol. The third-order valence-corrected chi connectivity index (χ3v) is 9.39. The van der Waals surface area contributed by atoms with Gasteiger partial charge in [-0.3, -0.25) is 9.80 Å². The van der Waals surface area contributed by atoms with Gasteiger partial charge in [-0.2, -0.15) is 0 Å². The number of halogens is 2. The van der Waals surface area contributed by atoms with Crippen LogP contribution in [0.25, 0.3) is 11.3 Å². The number of piperidine rings is 1. The summed E-state index contributed by atoms with van der Waals surface area (Å²) in [5.74, 6) is 2.18. The predicted octanol–water partition coefficient (Wildman–Crippen LogP) is 4.16. The summed E-state index contributed by atoms with van der Waals surface area (Å²) >= 11 is 5.43. The molecule has 5 rings (SSSR count). The van der Waals surface area contributed by atoms with Crippen LogP contribution >= 0.6 is 11.6 Å². The number of hydrogen-bond donors (Lipinski definition) is 2. The number of piperazine rings is 1. The molecule has 1 atom stereocenters. The van der Waals surface area contributed by atoms with Gasteiger partial charge in [0.2, 0.25) is 11.8 Å². The van der Waals surface area contributed by atoms with Crippen LogP contribution in [-0.4, -0.2) is 107 Å². The number of nitrogens with zero attached hydrogens (tertiary/aromatic N) is 6. The third-order valence-electron chi connectivity index (χ3n) is 8.31. The summed E-state index contributed by atoms with van der Waals surface area (Å²) in [7, 11) is 1.62. The Hall–Kier alpha value is -3.23. The van der Waals surface area contributed by atoms with Gasteiger partial charge in [0.15, 0.2) is 5.75 Å². The lowest BCUT2D eigenvalue weighted by atomic mass is 9.96. The summed E-state index contributed by atoms with van der Waals surface area (Å²) in [4.78, 5) is 32.3. The molecule has 0 aliphatic carbocycles. The molecule has 2 saturated heterocycles. The number of rotatable bonds is 12. The Balaban J connectivity index is 1.24. The van der Waals surface area contributed by atoms with E-state index < -0.39 is 17.0 Å². The number of ether oxygens (including phenoxy) is 1. The summed E-state index contributed by atoms with van der Waals surface area (Å²) in [6.45, 7) is 7.52. The number of urea groups is 1. The number of nitrogens with one attached hydrogen (secondary N) is 2. The van der Waals surface area contributed by atoms with Crippen LogP contribution in [0.5, 0.6) is 11.6 Å². The highest BCUT2D eigenvalue weighted by atomic mass is 35.5. The number of hydrogen-bond acceptors (Lipinski definition) is 9. The topological polar surface area (TPSA) is 122 Å². The Labute approximate surface area is 278 Å². The van der Waals surface area contributed by atoms with E-state index in [9.17, 15) is 13.7 Å². The molecule has 248 valence electrons. The first-order valence-corrected chi connectivity index (χ1v) is 17.8. The number of amides is 2. The predicted molar refractivity (Wildman–Crippen MR) is 179 cm³/mol. The Kier molecular flexibility index (Phi) is 12.3. The summed E-state index contributed by atoms with van der Waals surface area (Å²) in [5.41, 5.74) is 2.09. The standard InChI is InChI=1S/C32H42ClFN8O3S/c1-35-32(43)38-19-23-4-7-41(8-5-23)22-24-14-29(25-16-26(33)18-27(34)17-25)39-30(15-24)45-28-20-36-31(37-21-28)42-11-9-40(10-12-42)6-3-13-46(2)44/h14-18,20-21,23H,3-13,19,22H2,1-2H3,(H2,35,38,43). The van der Waals surface area contributed by atoms with E-state index in [4.69, 9.17) is 16.3 Å². The zero-order valence-electron chi connectivity index (χ0n) is 26.4. The van der Waals surface area contributed by atoms with Gasteiger partial charge in [0.05, 0.1) is 24.3 Å². The minimum absolute atomic E-state index is 0.158. The fourth-order valence-corrected chi connectivity index (χ4v) is 6.55. The number of aromatic nitrogens is 3. The van der Waals surface area contributed by atoms with E-state index in [1.54, 1.807) is 31.8 Å². The fourth-order valence-electron chi connectivity index (χ4n) is 5.79. The van der Waals surface area contributed by atoms with Crippen LogP contribution in [-0.2, 0) is 17.7 Å². The minimum atomic E-state index is -0.752. The maximum atomic E-state index is 14.3. The number of pyridine rings is 1. The molecule has 2 amide bonds. The average molecular weight is 673 g/mol. The number of likely N-dealkylation sites (tertiary alicyclic amines) is 1. The van der Waals surface area contributed by atoms with Gasteiger partial charge in [-0.15, -0.1) is 0 Å². The van der Waals surface area contributed by atoms with Gasteiger partial charge in [-0.1, -0.05) is 22.8 Å². The molecule has 46 heavy (non-hydrogen) atoms. The molecule has 1 unspecified atom stereocenters. The highest BCUT2D eigenvalue weighted by Gasteiger charge is 2.22. The van der Waals surface area contributed by atoms with E-state index in [0.717, 1.165) is 76.4 Å².